The van der Waals surface area contributed by atoms with Crippen LogP contribution >= 0.6 is 0 Å². The van der Waals surface area contributed by atoms with Gasteiger partial charge in [-0.3, -0.25) is 0 Å². The van der Waals surface area contributed by atoms with Crippen molar-refractivity contribution in [3.05, 3.63) is 23.8 Å². The van der Waals surface area contributed by atoms with E-state index in [1.54, 1.807) is 6.21 Å². The summed E-state index contributed by atoms with van der Waals surface area (Å²) in [6.45, 7) is 4.21. The molecule has 1 aliphatic heterocycles. The number of hydrogen-bond acceptors (Lipinski definition) is 2. The zero-order valence-electron chi connectivity index (χ0n) is 7.57. The Labute approximate surface area is 73.4 Å². The quantitative estimate of drug-likeness (QED) is 0.523. The van der Waals surface area contributed by atoms with E-state index in [0.717, 1.165) is 6.42 Å². The standard InChI is InChI=1S/C10H14N2/c1-9-6-4-3-5-7-11-12-8-10(9)2/h3-4,6-8,10H,5H2,1-2H3/b4-3-,9-6-,11-7-,12-8-. The number of allylic oxidation sites excluding steroid dienone is 4. The first kappa shape index (κ1) is 8.91. The third-order valence-electron chi connectivity index (χ3n) is 1.89. The van der Waals surface area contributed by atoms with Crippen molar-refractivity contribution in [2.24, 2.45) is 16.1 Å². The van der Waals surface area contributed by atoms with Crippen LogP contribution in [-0.2, 0) is 0 Å². The minimum atomic E-state index is 0.380. The van der Waals surface area contributed by atoms with E-state index in [-0.39, 0.29) is 0 Å². The van der Waals surface area contributed by atoms with Crippen molar-refractivity contribution >= 4 is 12.4 Å². The maximum Gasteiger partial charge on any atom is 0.0338 e. The van der Waals surface area contributed by atoms with Gasteiger partial charge in [-0.15, -0.1) is 0 Å². The van der Waals surface area contributed by atoms with E-state index in [2.05, 4.69) is 42.3 Å². The average Bonchev–Trinajstić information content (AvgIpc) is 2.08. The van der Waals surface area contributed by atoms with Crippen molar-refractivity contribution in [2.45, 2.75) is 20.3 Å². The highest BCUT2D eigenvalue weighted by molar-refractivity contribution is 5.66. The maximum absolute atomic E-state index is 3.93. The number of hydrogen-bond donors (Lipinski definition) is 0. The van der Waals surface area contributed by atoms with Crippen LogP contribution in [0.1, 0.15) is 20.3 Å². The van der Waals surface area contributed by atoms with Crippen molar-refractivity contribution in [1.82, 2.24) is 0 Å². The van der Waals surface area contributed by atoms with Gasteiger partial charge in [-0.1, -0.05) is 30.7 Å². The summed E-state index contributed by atoms with van der Waals surface area (Å²) in [5.74, 6) is 0.380. The molecule has 1 unspecified atom stereocenters. The smallest absolute Gasteiger partial charge is 0.0338 e. The molecule has 1 rings (SSSR count). The lowest BCUT2D eigenvalue weighted by atomic mass is 10.0. The van der Waals surface area contributed by atoms with Crippen LogP contribution in [0.15, 0.2) is 34.0 Å². The Balaban J connectivity index is 2.76. The van der Waals surface area contributed by atoms with Gasteiger partial charge in [-0.2, -0.15) is 10.2 Å². The van der Waals surface area contributed by atoms with Crippen LogP contribution in [0.25, 0.3) is 0 Å². The molecule has 64 valence electrons. The summed E-state index contributed by atoms with van der Waals surface area (Å²) in [5, 5.41) is 7.82. The predicted molar refractivity (Wildman–Crippen MR) is 53.7 cm³/mol. The molecule has 0 saturated heterocycles. The molecule has 2 heteroatoms. The van der Waals surface area contributed by atoms with Crippen molar-refractivity contribution < 1.29 is 0 Å². The van der Waals surface area contributed by atoms with Crippen molar-refractivity contribution in [1.29, 1.82) is 0 Å². The van der Waals surface area contributed by atoms with E-state index in [1.165, 1.54) is 5.57 Å². The molecule has 0 bridgehead atoms. The topological polar surface area (TPSA) is 24.7 Å². The summed E-state index contributed by atoms with van der Waals surface area (Å²) < 4.78 is 0. The monoisotopic (exact) mass is 162 g/mol. The largest absolute Gasteiger partial charge is 0.164 e. The predicted octanol–water partition coefficient (Wildman–Crippen LogP) is 2.59. The highest BCUT2D eigenvalue weighted by atomic mass is 15.2. The van der Waals surface area contributed by atoms with Gasteiger partial charge in [0.25, 0.3) is 0 Å². The molecule has 0 saturated carbocycles. The van der Waals surface area contributed by atoms with Crippen LogP contribution < -0.4 is 0 Å². The van der Waals surface area contributed by atoms with Crippen molar-refractivity contribution in [2.75, 3.05) is 0 Å². The zero-order chi connectivity index (χ0) is 8.81. The van der Waals surface area contributed by atoms with E-state index in [4.69, 9.17) is 0 Å². The minimum Gasteiger partial charge on any atom is -0.164 e. The molecule has 0 amide bonds. The summed E-state index contributed by atoms with van der Waals surface area (Å²) in [4.78, 5) is 0. The summed E-state index contributed by atoms with van der Waals surface area (Å²) in [5.41, 5.74) is 1.31. The average molecular weight is 162 g/mol. The molecule has 0 aromatic heterocycles. The molecule has 0 spiro atoms. The molecule has 0 aromatic rings. The second kappa shape index (κ2) is 4.65. The van der Waals surface area contributed by atoms with Gasteiger partial charge >= 0.3 is 0 Å². The summed E-state index contributed by atoms with van der Waals surface area (Å²) in [6.07, 6.45) is 10.8. The molecule has 0 aliphatic carbocycles. The van der Waals surface area contributed by atoms with Crippen LogP contribution in [0.5, 0.6) is 0 Å². The highest BCUT2D eigenvalue weighted by Crippen LogP contribution is 2.07. The van der Waals surface area contributed by atoms with Gasteiger partial charge in [-0.05, 0) is 6.92 Å². The Morgan fingerprint density at radius 1 is 1.42 bits per heavy atom. The molecule has 1 aliphatic rings. The fourth-order valence-corrected chi connectivity index (χ4v) is 0.861. The van der Waals surface area contributed by atoms with Gasteiger partial charge in [0.05, 0.1) is 0 Å². The molecule has 1 atom stereocenters. The minimum absolute atomic E-state index is 0.380. The van der Waals surface area contributed by atoms with E-state index in [1.807, 2.05) is 6.21 Å². The van der Waals surface area contributed by atoms with Gasteiger partial charge in [0.1, 0.15) is 0 Å². The fraction of sp³-hybridized carbons (Fsp3) is 0.400. The Morgan fingerprint density at radius 3 is 3.08 bits per heavy atom. The molecule has 1 heterocycles. The molecular formula is C10H14N2. The van der Waals surface area contributed by atoms with E-state index >= 15 is 0 Å². The Hall–Kier alpha value is -1.18. The maximum atomic E-state index is 3.93. The second-order valence-corrected chi connectivity index (χ2v) is 2.93. The lowest BCUT2D eigenvalue weighted by Gasteiger charge is -2.03. The second-order valence-electron chi connectivity index (χ2n) is 2.93. The molecule has 2 nitrogen and oxygen atoms in total. The van der Waals surface area contributed by atoms with Gasteiger partial charge in [0, 0.05) is 24.8 Å². The van der Waals surface area contributed by atoms with Crippen molar-refractivity contribution in [3.63, 3.8) is 0 Å². The van der Waals surface area contributed by atoms with E-state index in [9.17, 15) is 0 Å². The normalized spacial score (nSPS) is 36.2. The first-order chi connectivity index (χ1) is 5.80. The third-order valence-corrected chi connectivity index (χ3v) is 1.89. The van der Waals surface area contributed by atoms with Gasteiger partial charge in [0.2, 0.25) is 0 Å². The van der Waals surface area contributed by atoms with Crippen LogP contribution in [-0.4, -0.2) is 12.4 Å². The van der Waals surface area contributed by atoms with E-state index < -0.39 is 0 Å². The molecule has 0 radical (unpaired) electrons. The highest BCUT2D eigenvalue weighted by Gasteiger charge is 1.98. The molecule has 0 N–H and O–H groups in total. The van der Waals surface area contributed by atoms with Crippen LogP contribution in [0.4, 0.5) is 0 Å². The lowest BCUT2D eigenvalue weighted by Crippen LogP contribution is -1.97. The first-order valence-corrected chi connectivity index (χ1v) is 4.19. The van der Waals surface area contributed by atoms with E-state index in [0.29, 0.717) is 5.92 Å². The first-order valence-electron chi connectivity index (χ1n) is 4.19. The summed E-state index contributed by atoms with van der Waals surface area (Å²) >= 11 is 0. The molecule has 0 aromatic carbocycles. The Morgan fingerprint density at radius 2 is 2.25 bits per heavy atom. The Kier molecular flexibility index (Phi) is 3.45. The molecular weight excluding hydrogens is 148 g/mol. The lowest BCUT2D eigenvalue weighted by molar-refractivity contribution is 0.926. The van der Waals surface area contributed by atoms with Gasteiger partial charge < -0.3 is 0 Å². The number of rotatable bonds is 0. The van der Waals surface area contributed by atoms with Crippen molar-refractivity contribution in [3.8, 4) is 0 Å². The molecule has 0 fully saturated rings. The number of nitrogens with zero attached hydrogens (tertiary/aromatic N) is 2. The summed E-state index contributed by atoms with van der Waals surface area (Å²) in [7, 11) is 0. The van der Waals surface area contributed by atoms with Crippen LogP contribution in [0.2, 0.25) is 0 Å². The summed E-state index contributed by atoms with van der Waals surface area (Å²) in [6, 6.07) is 0. The fourth-order valence-electron chi connectivity index (χ4n) is 0.861. The third kappa shape index (κ3) is 2.82. The SMILES string of the molecule is C/C1=C/C=C\C/C=N\N=C/C1C. The van der Waals surface area contributed by atoms with Crippen LogP contribution in [0, 0.1) is 5.92 Å². The van der Waals surface area contributed by atoms with Crippen LogP contribution in [0.3, 0.4) is 0 Å². The Bertz CT molecular complexity index is 247. The van der Waals surface area contributed by atoms with Gasteiger partial charge in [0.15, 0.2) is 0 Å². The molecule has 12 heavy (non-hydrogen) atoms. The van der Waals surface area contributed by atoms with Gasteiger partial charge in [-0.25, -0.2) is 0 Å². The zero-order valence-corrected chi connectivity index (χ0v) is 7.57.